The molecular weight excluding hydrogens is 426 g/mol. The van der Waals surface area contributed by atoms with Crippen molar-refractivity contribution in [3.63, 3.8) is 0 Å². The molecule has 34 heavy (non-hydrogen) atoms. The zero-order valence-corrected chi connectivity index (χ0v) is 20.7. The zero-order chi connectivity index (χ0) is 24.1. The van der Waals surface area contributed by atoms with Crippen LogP contribution in [0.25, 0.3) is 11.1 Å². The molecule has 1 aromatic heterocycles. The summed E-state index contributed by atoms with van der Waals surface area (Å²) < 4.78 is 7.08. The van der Waals surface area contributed by atoms with Crippen molar-refractivity contribution >= 4 is 5.78 Å². The Morgan fingerprint density at radius 3 is 2.82 bits per heavy atom. The number of ether oxygens (including phenoxy) is 1. The van der Waals surface area contributed by atoms with E-state index < -0.39 is 5.41 Å². The van der Waals surface area contributed by atoms with E-state index in [1.807, 2.05) is 24.0 Å². The van der Waals surface area contributed by atoms with E-state index in [4.69, 9.17) is 4.74 Å². The number of nitrogens with zero attached hydrogens (tertiary/aromatic N) is 4. The van der Waals surface area contributed by atoms with E-state index in [0.29, 0.717) is 19.6 Å². The maximum atomic E-state index is 13.7. The summed E-state index contributed by atoms with van der Waals surface area (Å²) in [6.45, 7) is 9.84. The van der Waals surface area contributed by atoms with Gasteiger partial charge in [0.1, 0.15) is 0 Å². The minimum atomic E-state index is -0.547. The lowest BCUT2D eigenvalue weighted by molar-refractivity contribution is -0.119. The summed E-state index contributed by atoms with van der Waals surface area (Å²) in [6, 6.07) is 8.57. The summed E-state index contributed by atoms with van der Waals surface area (Å²) in [5.74, 6) is 0.226. The van der Waals surface area contributed by atoms with Gasteiger partial charge in [0.2, 0.25) is 0 Å². The molecule has 3 aliphatic rings. The van der Waals surface area contributed by atoms with Gasteiger partial charge in [0.05, 0.1) is 30.5 Å². The van der Waals surface area contributed by atoms with Crippen molar-refractivity contribution in [1.29, 1.82) is 0 Å². The molecule has 2 aromatic rings. The lowest BCUT2D eigenvalue weighted by Crippen LogP contribution is -2.51. The van der Waals surface area contributed by atoms with E-state index in [-0.39, 0.29) is 17.4 Å². The number of rotatable bonds is 6. The number of ketones is 1. The minimum absolute atomic E-state index is 0.0763. The maximum absolute atomic E-state index is 13.7. The van der Waals surface area contributed by atoms with Crippen LogP contribution in [0.2, 0.25) is 0 Å². The first-order valence-electron chi connectivity index (χ1n) is 12.1. The average Bonchev–Trinajstić information content (AvgIpc) is 3.42. The first kappa shape index (κ1) is 22.7. The van der Waals surface area contributed by atoms with Crippen LogP contribution in [0.1, 0.15) is 52.5 Å². The number of hydrogen-bond donors (Lipinski definition) is 1. The minimum Gasteiger partial charge on any atom is -0.383 e. The molecule has 0 saturated heterocycles. The number of allylic oxidation sites excluding steroid dienone is 3. The van der Waals surface area contributed by atoms with E-state index in [1.54, 1.807) is 7.11 Å². The first-order chi connectivity index (χ1) is 16.3. The van der Waals surface area contributed by atoms with Gasteiger partial charge < -0.3 is 10.1 Å². The lowest BCUT2D eigenvalue weighted by Gasteiger charge is -2.48. The molecule has 0 radical (unpaired) electrons. The Labute approximate surface area is 201 Å². The number of methoxy groups -OCH3 is 1. The molecule has 0 amide bonds. The summed E-state index contributed by atoms with van der Waals surface area (Å²) in [4.78, 5) is 13.7. The second-order valence-corrected chi connectivity index (χ2v) is 10.4. The molecule has 2 unspecified atom stereocenters. The number of Topliss-reactive ketones (excluding diaryl/α,β-unsaturated/α-hetero) is 1. The monoisotopic (exact) mass is 459 g/mol. The fourth-order valence-corrected chi connectivity index (χ4v) is 5.99. The van der Waals surface area contributed by atoms with Crippen LogP contribution in [0.5, 0.6) is 0 Å². The third-order valence-electron chi connectivity index (χ3n) is 7.44. The number of carbonyl (C=O) groups is 1. The van der Waals surface area contributed by atoms with E-state index in [0.717, 1.165) is 52.1 Å². The zero-order valence-electron chi connectivity index (χ0n) is 20.7. The van der Waals surface area contributed by atoms with Crippen LogP contribution in [0, 0.1) is 5.41 Å². The molecule has 1 N–H and O–H groups in total. The van der Waals surface area contributed by atoms with Gasteiger partial charge in [-0.1, -0.05) is 39.0 Å². The van der Waals surface area contributed by atoms with Crippen LogP contribution < -0.4 is 5.32 Å². The van der Waals surface area contributed by atoms with Crippen molar-refractivity contribution < 1.29 is 9.53 Å². The third-order valence-corrected chi connectivity index (χ3v) is 7.44. The Kier molecular flexibility index (Phi) is 5.55. The van der Waals surface area contributed by atoms with E-state index in [1.165, 1.54) is 0 Å². The Morgan fingerprint density at radius 2 is 2.06 bits per heavy atom. The van der Waals surface area contributed by atoms with Crippen molar-refractivity contribution in [2.75, 3.05) is 13.7 Å². The van der Waals surface area contributed by atoms with E-state index in [2.05, 4.69) is 65.7 Å². The number of hydrogen-bond acceptors (Lipinski definition) is 6. The maximum Gasteiger partial charge on any atom is 0.165 e. The highest BCUT2D eigenvalue weighted by Gasteiger charge is 2.53. The SMILES string of the molecule is CCC1(c2cccc(-c3cnn(CCOC)c3)c2)C2=C(CC(C)(C)CC2=O)NC2N=NC(C)=C21. The molecule has 5 rings (SSSR count). The molecule has 178 valence electrons. The van der Waals surface area contributed by atoms with Crippen LogP contribution in [0.15, 0.2) is 69.4 Å². The second-order valence-electron chi connectivity index (χ2n) is 10.4. The largest absolute Gasteiger partial charge is 0.383 e. The summed E-state index contributed by atoms with van der Waals surface area (Å²) in [5.41, 5.74) is 6.57. The molecule has 2 atom stereocenters. The van der Waals surface area contributed by atoms with Crippen molar-refractivity contribution in [3.8, 4) is 11.1 Å². The molecule has 1 aromatic carbocycles. The van der Waals surface area contributed by atoms with Gasteiger partial charge >= 0.3 is 0 Å². The van der Waals surface area contributed by atoms with Gasteiger partial charge in [-0.25, -0.2) is 0 Å². The topological polar surface area (TPSA) is 80.9 Å². The normalized spacial score (nSPS) is 25.4. The van der Waals surface area contributed by atoms with E-state index in [9.17, 15) is 4.79 Å². The van der Waals surface area contributed by atoms with Crippen LogP contribution in [0.4, 0.5) is 0 Å². The number of nitrogens with one attached hydrogen (secondary N) is 1. The van der Waals surface area contributed by atoms with Gasteiger partial charge in [-0.3, -0.25) is 9.48 Å². The number of azo groups is 1. The number of carbonyl (C=O) groups excluding carboxylic acids is 1. The van der Waals surface area contributed by atoms with Crippen LogP contribution >= 0.6 is 0 Å². The Bertz CT molecular complexity index is 1240. The molecule has 3 heterocycles. The Morgan fingerprint density at radius 1 is 1.24 bits per heavy atom. The van der Waals surface area contributed by atoms with Crippen LogP contribution in [-0.2, 0) is 21.5 Å². The molecule has 0 saturated carbocycles. The smallest absolute Gasteiger partial charge is 0.165 e. The summed E-state index contributed by atoms with van der Waals surface area (Å²) in [7, 11) is 1.69. The molecular formula is C27H33N5O2. The van der Waals surface area contributed by atoms with Gasteiger partial charge in [-0.15, -0.1) is 0 Å². The Balaban J connectivity index is 1.67. The van der Waals surface area contributed by atoms with Gasteiger partial charge in [0.15, 0.2) is 11.9 Å². The predicted octanol–water partition coefficient (Wildman–Crippen LogP) is 5.16. The van der Waals surface area contributed by atoms with Gasteiger partial charge in [0.25, 0.3) is 0 Å². The predicted molar refractivity (Wildman–Crippen MR) is 131 cm³/mol. The molecule has 0 spiro atoms. The standard InChI is InChI=1S/C27H33N5O2/c1-6-27(20-9-7-8-18(12-20)19-15-28-32(16-19)10-11-34-5)23-17(2)30-31-25(23)29-21-13-26(3,4)14-22(33)24(21)27/h7-9,12,15-16,25,29H,6,10-11,13-14H2,1-5H3. The van der Waals surface area contributed by atoms with Gasteiger partial charge in [-0.2, -0.15) is 15.3 Å². The lowest BCUT2D eigenvalue weighted by atomic mass is 9.58. The number of fused-ring (bicyclic) bond motifs is 1. The summed E-state index contributed by atoms with van der Waals surface area (Å²) in [6.07, 6.45) is 5.87. The van der Waals surface area contributed by atoms with Crippen LogP contribution in [0.3, 0.4) is 0 Å². The number of benzene rings is 1. The third kappa shape index (κ3) is 3.54. The molecule has 7 nitrogen and oxygen atoms in total. The fourth-order valence-electron chi connectivity index (χ4n) is 5.99. The van der Waals surface area contributed by atoms with Gasteiger partial charge in [0, 0.05) is 42.1 Å². The molecule has 2 aliphatic heterocycles. The van der Waals surface area contributed by atoms with Crippen molar-refractivity contribution in [2.45, 2.75) is 65.1 Å². The molecule has 1 aliphatic carbocycles. The van der Waals surface area contributed by atoms with Gasteiger partial charge in [-0.05, 0) is 42.4 Å². The fraction of sp³-hybridized carbons (Fsp3) is 0.481. The molecule has 7 heteroatoms. The molecule has 0 fully saturated rings. The highest BCUT2D eigenvalue weighted by atomic mass is 16.5. The quantitative estimate of drug-likeness (QED) is 0.647. The summed E-state index contributed by atoms with van der Waals surface area (Å²) >= 11 is 0. The summed E-state index contributed by atoms with van der Waals surface area (Å²) in [5, 5.41) is 17.1. The second kappa shape index (κ2) is 8.31. The number of aromatic nitrogens is 2. The highest BCUT2D eigenvalue weighted by molar-refractivity contribution is 6.01. The molecule has 0 bridgehead atoms. The first-order valence-corrected chi connectivity index (χ1v) is 12.1. The van der Waals surface area contributed by atoms with Crippen molar-refractivity contribution in [3.05, 3.63) is 64.8 Å². The van der Waals surface area contributed by atoms with Crippen molar-refractivity contribution in [2.24, 2.45) is 15.6 Å². The Hall–Kier alpha value is -3.06. The average molecular weight is 460 g/mol. The van der Waals surface area contributed by atoms with E-state index >= 15 is 0 Å². The highest BCUT2D eigenvalue weighted by Crippen LogP contribution is 2.55. The van der Waals surface area contributed by atoms with Crippen molar-refractivity contribution in [1.82, 2.24) is 15.1 Å². The van der Waals surface area contributed by atoms with Crippen LogP contribution in [-0.4, -0.2) is 35.4 Å².